The van der Waals surface area contributed by atoms with E-state index in [9.17, 15) is 18.0 Å². The molecule has 2 heterocycles. The Balaban J connectivity index is 1.23. The maximum atomic E-state index is 14.4. The number of piperazine rings is 1. The van der Waals surface area contributed by atoms with Crippen LogP contribution in [0.3, 0.4) is 0 Å². The third kappa shape index (κ3) is 7.05. The van der Waals surface area contributed by atoms with Crippen LogP contribution in [0.25, 0.3) is 0 Å². The lowest BCUT2D eigenvalue weighted by atomic mass is 9.99. The molecule has 49 heavy (non-hydrogen) atoms. The summed E-state index contributed by atoms with van der Waals surface area (Å²) in [6.07, 6.45) is 0.691. The molecule has 4 aromatic carbocycles. The van der Waals surface area contributed by atoms with Crippen LogP contribution in [0.2, 0.25) is 0 Å². The topological polar surface area (TPSA) is 108 Å². The quantitative estimate of drug-likeness (QED) is 0.142. The Morgan fingerprint density at radius 1 is 0.755 bits per heavy atom. The maximum absolute atomic E-state index is 14.4. The molecule has 1 fully saturated rings. The number of rotatable bonds is 13. The second kappa shape index (κ2) is 14.8. The average Bonchev–Trinajstić information content (AvgIpc) is 3.40. The number of hydrogen-bond acceptors (Lipinski definition) is 8. The predicted molar refractivity (Wildman–Crippen MR) is 189 cm³/mol. The molecular weight excluding hydrogens is 641 g/mol. The minimum atomic E-state index is -3.71. The molecule has 0 saturated carbocycles. The standard InChI is InChI=1S/C38H42N4O6S/c1-27(28-12-6-4-7-13-28)40-22-24-41(25-23-40)33-17-10-16-31-36(33)38(44)42(37(31)43)32(29-19-20-34(47-2)35(26-29)48-3)18-11-21-39-49(45,46)30-14-8-5-9-15-30/h4-10,12-17,19-20,26-27,32,39H,11,18,21-25H2,1-3H3. The molecule has 6 rings (SSSR count). The van der Waals surface area contributed by atoms with E-state index < -0.39 is 16.1 Å². The van der Waals surface area contributed by atoms with Crippen molar-refractivity contribution in [3.05, 3.63) is 119 Å². The van der Waals surface area contributed by atoms with Gasteiger partial charge in [-0.2, -0.15) is 0 Å². The minimum Gasteiger partial charge on any atom is -0.493 e. The van der Waals surface area contributed by atoms with Crippen molar-refractivity contribution >= 4 is 27.5 Å². The number of carbonyl (C=O) groups excluding carboxylic acids is 2. The summed E-state index contributed by atoms with van der Waals surface area (Å²) >= 11 is 0. The van der Waals surface area contributed by atoms with Gasteiger partial charge in [0.2, 0.25) is 10.0 Å². The number of amides is 2. The highest BCUT2D eigenvalue weighted by molar-refractivity contribution is 7.89. The van der Waals surface area contributed by atoms with Crippen LogP contribution >= 0.6 is 0 Å². The van der Waals surface area contributed by atoms with Gasteiger partial charge in [-0.3, -0.25) is 19.4 Å². The highest BCUT2D eigenvalue weighted by Gasteiger charge is 2.43. The van der Waals surface area contributed by atoms with Gasteiger partial charge in [-0.25, -0.2) is 13.1 Å². The van der Waals surface area contributed by atoms with Crippen molar-refractivity contribution in [1.29, 1.82) is 0 Å². The zero-order chi connectivity index (χ0) is 34.5. The molecule has 10 nitrogen and oxygen atoms in total. The number of nitrogens with zero attached hydrogens (tertiary/aromatic N) is 3. The summed E-state index contributed by atoms with van der Waals surface area (Å²) in [4.78, 5) is 34.7. The van der Waals surface area contributed by atoms with E-state index in [1.54, 1.807) is 43.5 Å². The third-order valence-corrected chi connectivity index (χ3v) is 11.0. The normalized spacial score (nSPS) is 16.4. The number of nitrogens with one attached hydrogen (secondary N) is 1. The Kier molecular flexibility index (Phi) is 10.3. The molecule has 2 aliphatic heterocycles. The molecule has 0 bridgehead atoms. The largest absolute Gasteiger partial charge is 0.493 e. The molecule has 256 valence electrons. The zero-order valence-electron chi connectivity index (χ0n) is 28.0. The second-order valence-corrected chi connectivity index (χ2v) is 14.0. The number of anilines is 1. The SMILES string of the molecule is COc1ccc(C(CCCNS(=O)(=O)c2ccccc2)N2C(=O)c3cccc(N4CCN(C(C)c5ccccc5)CC4)c3C2=O)cc1OC. The van der Waals surface area contributed by atoms with Gasteiger partial charge >= 0.3 is 0 Å². The van der Waals surface area contributed by atoms with E-state index in [0.717, 1.165) is 31.9 Å². The molecule has 11 heteroatoms. The van der Waals surface area contributed by atoms with Gasteiger partial charge in [-0.15, -0.1) is 0 Å². The number of ether oxygens (including phenoxy) is 2. The molecule has 2 atom stereocenters. The van der Waals surface area contributed by atoms with Crippen LogP contribution in [0.5, 0.6) is 11.5 Å². The first kappa shape index (κ1) is 34.2. The van der Waals surface area contributed by atoms with Gasteiger partial charge < -0.3 is 14.4 Å². The number of methoxy groups -OCH3 is 2. The first-order valence-electron chi connectivity index (χ1n) is 16.5. The Morgan fingerprint density at radius 2 is 1.43 bits per heavy atom. The van der Waals surface area contributed by atoms with Crippen LogP contribution < -0.4 is 19.1 Å². The summed E-state index contributed by atoms with van der Waals surface area (Å²) in [5.41, 5.74) is 3.49. The minimum absolute atomic E-state index is 0.126. The van der Waals surface area contributed by atoms with Crippen molar-refractivity contribution in [3.63, 3.8) is 0 Å². The molecule has 2 aliphatic rings. The Bertz CT molecular complexity index is 1900. The molecule has 2 amide bonds. The molecule has 0 spiro atoms. The fraction of sp³-hybridized carbons (Fsp3) is 0.316. The number of sulfonamides is 1. The van der Waals surface area contributed by atoms with Gasteiger partial charge in [0.05, 0.1) is 42.0 Å². The summed E-state index contributed by atoms with van der Waals surface area (Å²) in [6, 6.07) is 29.0. The highest BCUT2D eigenvalue weighted by Crippen LogP contribution is 2.40. The van der Waals surface area contributed by atoms with Crippen molar-refractivity contribution in [2.75, 3.05) is 51.8 Å². The molecule has 0 aliphatic carbocycles. The van der Waals surface area contributed by atoms with E-state index in [4.69, 9.17) is 9.47 Å². The number of benzene rings is 4. The molecule has 4 aromatic rings. The van der Waals surface area contributed by atoms with E-state index in [1.165, 1.54) is 29.7 Å². The van der Waals surface area contributed by atoms with Crippen LogP contribution in [0.1, 0.15) is 63.7 Å². The van der Waals surface area contributed by atoms with Gasteiger partial charge in [0.25, 0.3) is 11.8 Å². The second-order valence-electron chi connectivity index (χ2n) is 12.3. The average molecular weight is 683 g/mol. The Morgan fingerprint density at radius 3 is 2.10 bits per heavy atom. The van der Waals surface area contributed by atoms with Gasteiger partial charge in [0.1, 0.15) is 0 Å². The van der Waals surface area contributed by atoms with Crippen molar-refractivity contribution in [2.24, 2.45) is 0 Å². The molecular formula is C38H42N4O6S. The van der Waals surface area contributed by atoms with Crippen molar-refractivity contribution < 1.29 is 27.5 Å². The summed E-state index contributed by atoms with van der Waals surface area (Å²) in [5, 5.41) is 0. The first-order chi connectivity index (χ1) is 23.7. The van der Waals surface area contributed by atoms with Gasteiger partial charge in [-0.05, 0) is 67.3 Å². The zero-order valence-corrected chi connectivity index (χ0v) is 28.9. The van der Waals surface area contributed by atoms with Crippen LogP contribution in [-0.4, -0.2) is 77.0 Å². The monoisotopic (exact) mass is 682 g/mol. The van der Waals surface area contributed by atoms with Crippen LogP contribution in [-0.2, 0) is 10.0 Å². The lowest BCUT2D eigenvalue weighted by Crippen LogP contribution is -2.47. The Labute approximate surface area is 288 Å². The van der Waals surface area contributed by atoms with Crippen molar-refractivity contribution in [3.8, 4) is 11.5 Å². The van der Waals surface area contributed by atoms with Crippen LogP contribution in [0.4, 0.5) is 5.69 Å². The first-order valence-corrected chi connectivity index (χ1v) is 18.0. The molecule has 1 N–H and O–H groups in total. The summed E-state index contributed by atoms with van der Waals surface area (Å²) < 4.78 is 39.4. The lowest BCUT2D eigenvalue weighted by Gasteiger charge is -2.39. The van der Waals surface area contributed by atoms with E-state index in [1.807, 2.05) is 24.3 Å². The fourth-order valence-electron chi connectivity index (χ4n) is 6.81. The third-order valence-electron chi connectivity index (χ3n) is 9.51. The summed E-state index contributed by atoms with van der Waals surface area (Å²) in [5.74, 6) is 0.254. The van der Waals surface area contributed by atoms with E-state index in [0.29, 0.717) is 41.0 Å². The highest BCUT2D eigenvalue weighted by atomic mass is 32.2. The van der Waals surface area contributed by atoms with E-state index >= 15 is 0 Å². The molecule has 2 unspecified atom stereocenters. The maximum Gasteiger partial charge on any atom is 0.264 e. The van der Waals surface area contributed by atoms with Crippen LogP contribution in [0.15, 0.2) is 102 Å². The fourth-order valence-corrected chi connectivity index (χ4v) is 7.91. The molecule has 0 radical (unpaired) electrons. The van der Waals surface area contributed by atoms with Gasteiger partial charge in [-0.1, -0.05) is 60.7 Å². The Hall–Kier alpha value is -4.71. The van der Waals surface area contributed by atoms with E-state index in [-0.39, 0.29) is 29.3 Å². The molecule has 1 saturated heterocycles. The predicted octanol–water partition coefficient (Wildman–Crippen LogP) is 5.68. The summed E-state index contributed by atoms with van der Waals surface area (Å²) in [7, 11) is -0.638. The van der Waals surface area contributed by atoms with Crippen LogP contribution in [0, 0.1) is 0 Å². The van der Waals surface area contributed by atoms with Crippen molar-refractivity contribution in [1.82, 2.24) is 14.5 Å². The van der Waals surface area contributed by atoms with Gasteiger partial charge in [0, 0.05) is 38.8 Å². The van der Waals surface area contributed by atoms with E-state index in [2.05, 4.69) is 45.7 Å². The number of carbonyl (C=O) groups is 2. The number of fused-ring (bicyclic) bond motifs is 1. The molecule has 0 aromatic heterocycles. The number of imide groups is 1. The smallest absolute Gasteiger partial charge is 0.264 e. The van der Waals surface area contributed by atoms with Gasteiger partial charge in [0.15, 0.2) is 11.5 Å². The number of hydrogen-bond donors (Lipinski definition) is 1. The lowest BCUT2D eigenvalue weighted by molar-refractivity contribution is 0.0572. The summed E-state index contributed by atoms with van der Waals surface area (Å²) in [6.45, 7) is 5.41. The van der Waals surface area contributed by atoms with Crippen molar-refractivity contribution in [2.45, 2.75) is 36.7 Å².